The molecule has 84 valence electrons. The molecule has 0 saturated heterocycles. The van der Waals surface area contributed by atoms with Gasteiger partial charge < -0.3 is 9.63 Å². The van der Waals surface area contributed by atoms with Crippen LogP contribution >= 0.6 is 15.9 Å². The highest BCUT2D eigenvalue weighted by Gasteiger charge is 2.08. The fourth-order valence-corrected chi connectivity index (χ4v) is 1.43. The Bertz CT molecular complexity index is 455. The lowest BCUT2D eigenvalue weighted by Crippen LogP contribution is -1.90. The number of rotatable bonds is 4. The molecule has 2 heterocycles. The summed E-state index contributed by atoms with van der Waals surface area (Å²) in [5.74, 6) is 0.995. The van der Waals surface area contributed by atoms with E-state index in [2.05, 4.69) is 31.1 Å². The topological polar surface area (TPSA) is 72.0 Å². The van der Waals surface area contributed by atoms with Crippen molar-refractivity contribution in [3.63, 3.8) is 0 Å². The summed E-state index contributed by atoms with van der Waals surface area (Å²) in [6.07, 6.45) is 2.88. The molecule has 2 rings (SSSR count). The molecule has 0 bridgehead atoms. The first-order chi connectivity index (χ1) is 7.79. The number of hydrogen-bond donors (Lipinski definition) is 1. The highest BCUT2D eigenvalue weighted by molar-refractivity contribution is 9.10. The van der Waals surface area contributed by atoms with E-state index in [1.54, 1.807) is 6.20 Å². The Hall–Kier alpha value is -1.27. The summed E-state index contributed by atoms with van der Waals surface area (Å²) in [6.45, 7) is 0.119. The Balaban J connectivity index is 2.15. The molecule has 0 aliphatic rings. The number of halogens is 1. The molecular weight excluding hydrogens is 274 g/mol. The van der Waals surface area contributed by atoms with E-state index in [0.717, 1.165) is 4.47 Å². The number of hydrogen-bond acceptors (Lipinski definition) is 5. The van der Waals surface area contributed by atoms with Gasteiger partial charge >= 0.3 is 0 Å². The maximum absolute atomic E-state index is 8.67. The van der Waals surface area contributed by atoms with Gasteiger partial charge in [0.05, 0.1) is 0 Å². The van der Waals surface area contributed by atoms with Crippen molar-refractivity contribution in [3.05, 3.63) is 28.7 Å². The molecule has 16 heavy (non-hydrogen) atoms. The van der Waals surface area contributed by atoms with Gasteiger partial charge in [-0.2, -0.15) is 4.98 Å². The number of aromatic nitrogens is 3. The van der Waals surface area contributed by atoms with E-state index < -0.39 is 0 Å². The molecule has 5 nitrogen and oxygen atoms in total. The van der Waals surface area contributed by atoms with Gasteiger partial charge in [0.25, 0.3) is 0 Å². The summed E-state index contributed by atoms with van der Waals surface area (Å²) in [5.41, 5.74) is 0.669. The Morgan fingerprint density at radius 1 is 1.38 bits per heavy atom. The smallest absolute Gasteiger partial charge is 0.227 e. The minimum atomic E-state index is 0.119. The van der Waals surface area contributed by atoms with Crippen LogP contribution in [0, 0.1) is 0 Å². The summed E-state index contributed by atoms with van der Waals surface area (Å²) in [4.78, 5) is 8.34. The molecule has 2 aromatic rings. The first-order valence-corrected chi connectivity index (χ1v) is 5.64. The Labute approximate surface area is 101 Å². The van der Waals surface area contributed by atoms with Crippen molar-refractivity contribution < 1.29 is 9.63 Å². The third kappa shape index (κ3) is 2.65. The molecule has 0 spiro atoms. The summed E-state index contributed by atoms with van der Waals surface area (Å²) in [6, 6.07) is 3.68. The highest BCUT2D eigenvalue weighted by Crippen LogP contribution is 2.16. The zero-order valence-electron chi connectivity index (χ0n) is 8.43. The molecule has 0 aromatic carbocycles. The SMILES string of the molecule is OCCCc1nc(-c2ccc(Br)cn2)no1. The second-order valence-electron chi connectivity index (χ2n) is 3.20. The molecule has 1 N–H and O–H groups in total. The first-order valence-electron chi connectivity index (χ1n) is 4.85. The highest BCUT2D eigenvalue weighted by atomic mass is 79.9. The lowest BCUT2D eigenvalue weighted by molar-refractivity contribution is 0.278. The van der Waals surface area contributed by atoms with Crippen LogP contribution in [0.4, 0.5) is 0 Å². The Morgan fingerprint density at radius 2 is 2.25 bits per heavy atom. The largest absolute Gasteiger partial charge is 0.396 e. The number of pyridine rings is 1. The van der Waals surface area contributed by atoms with Crippen LogP contribution in [0.2, 0.25) is 0 Å². The maximum atomic E-state index is 8.67. The minimum absolute atomic E-state index is 0.119. The molecule has 0 unspecified atom stereocenters. The van der Waals surface area contributed by atoms with Crippen LogP contribution in [0.1, 0.15) is 12.3 Å². The fraction of sp³-hybridized carbons (Fsp3) is 0.300. The predicted octanol–water partition coefficient (Wildman–Crippen LogP) is 1.82. The maximum Gasteiger partial charge on any atom is 0.227 e. The molecule has 0 saturated carbocycles. The molecular formula is C10H10BrN3O2. The average Bonchev–Trinajstić information content (AvgIpc) is 2.76. The molecule has 0 aliphatic carbocycles. The summed E-state index contributed by atoms with van der Waals surface area (Å²) < 4.78 is 5.93. The van der Waals surface area contributed by atoms with E-state index in [1.807, 2.05) is 12.1 Å². The number of aliphatic hydroxyl groups excluding tert-OH is 1. The first kappa shape index (κ1) is 11.2. The van der Waals surface area contributed by atoms with Gasteiger partial charge in [0.1, 0.15) is 5.69 Å². The Kier molecular flexibility index (Phi) is 3.63. The Morgan fingerprint density at radius 3 is 2.94 bits per heavy atom. The van der Waals surface area contributed by atoms with Crippen LogP contribution in [-0.4, -0.2) is 26.8 Å². The van der Waals surface area contributed by atoms with Crippen molar-refractivity contribution >= 4 is 15.9 Å². The van der Waals surface area contributed by atoms with Crippen LogP contribution in [0.3, 0.4) is 0 Å². The van der Waals surface area contributed by atoms with Crippen molar-refractivity contribution in [1.29, 1.82) is 0 Å². The number of aryl methyl sites for hydroxylation is 1. The number of nitrogens with zero attached hydrogens (tertiary/aromatic N) is 3. The molecule has 0 radical (unpaired) electrons. The van der Waals surface area contributed by atoms with E-state index in [9.17, 15) is 0 Å². The normalized spacial score (nSPS) is 10.6. The molecule has 0 amide bonds. The second kappa shape index (κ2) is 5.18. The van der Waals surface area contributed by atoms with Crippen molar-refractivity contribution in [1.82, 2.24) is 15.1 Å². The molecule has 0 aliphatic heterocycles. The van der Waals surface area contributed by atoms with Crippen LogP contribution in [0.25, 0.3) is 11.5 Å². The van der Waals surface area contributed by atoms with Gasteiger partial charge in [-0.15, -0.1) is 0 Å². The zero-order chi connectivity index (χ0) is 11.4. The van der Waals surface area contributed by atoms with Crippen LogP contribution < -0.4 is 0 Å². The molecule has 0 atom stereocenters. The summed E-state index contributed by atoms with van der Waals surface area (Å²) in [7, 11) is 0. The summed E-state index contributed by atoms with van der Waals surface area (Å²) >= 11 is 3.30. The van der Waals surface area contributed by atoms with Gasteiger partial charge in [-0.3, -0.25) is 4.98 Å². The minimum Gasteiger partial charge on any atom is -0.396 e. The van der Waals surface area contributed by atoms with Crippen LogP contribution in [-0.2, 0) is 6.42 Å². The van der Waals surface area contributed by atoms with Gasteiger partial charge in [0.15, 0.2) is 0 Å². The van der Waals surface area contributed by atoms with Crippen LogP contribution in [0.15, 0.2) is 27.3 Å². The predicted molar refractivity (Wildman–Crippen MR) is 60.6 cm³/mol. The number of aliphatic hydroxyl groups is 1. The van der Waals surface area contributed by atoms with Gasteiger partial charge in [0.2, 0.25) is 11.7 Å². The molecule has 6 heteroatoms. The monoisotopic (exact) mass is 283 g/mol. The van der Waals surface area contributed by atoms with Crippen molar-refractivity contribution in [2.75, 3.05) is 6.61 Å². The molecule has 2 aromatic heterocycles. The van der Waals surface area contributed by atoms with Crippen molar-refractivity contribution in [2.45, 2.75) is 12.8 Å². The quantitative estimate of drug-likeness (QED) is 0.927. The van der Waals surface area contributed by atoms with Crippen LogP contribution in [0.5, 0.6) is 0 Å². The van der Waals surface area contributed by atoms with E-state index in [4.69, 9.17) is 9.63 Å². The van der Waals surface area contributed by atoms with Gasteiger partial charge in [0, 0.05) is 23.7 Å². The van der Waals surface area contributed by atoms with E-state index in [-0.39, 0.29) is 6.61 Å². The fourth-order valence-electron chi connectivity index (χ4n) is 1.20. The van der Waals surface area contributed by atoms with E-state index in [1.165, 1.54) is 0 Å². The van der Waals surface area contributed by atoms with Crippen molar-refractivity contribution in [3.8, 4) is 11.5 Å². The lowest BCUT2D eigenvalue weighted by atomic mass is 10.3. The van der Waals surface area contributed by atoms with Crippen molar-refractivity contribution in [2.24, 2.45) is 0 Å². The van der Waals surface area contributed by atoms with Gasteiger partial charge in [-0.25, -0.2) is 0 Å². The standard InChI is InChI=1S/C10H10BrN3O2/c11-7-3-4-8(12-6-7)10-13-9(16-14-10)2-1-5-15/h3-4,6,15H,1-2,5H2. The molecule has 0 fully saturated rings. The van der Waals surface area contributed by atoms with Gasteiger partial charge in [-0.1, -0.05) is 5.16 Å². The second-order valence-corrected chi connectivity index (χ2v) is 4.12. The van der Waals surface area contributed by atoms with Gasteiger partial charge in [-0.05, 0) is 34.5 Å². The van der Waals surface area contributed by atoms with E-state index in [0.29, 0.717) is 30.3 Å². The third-order valence-corrected chi connectivity index (χ3v) is 2.44. The third-order valence-electron chi connectivity index (χ3n) is 1.97. The zero-order valence-corrected chi connectivity index (χ0v) is 10.0. The average molecular weight is 284 g/mol. The summed E-state index contributed by atoms with van der Waals surface area (Å²) in [5, 5.41) is 12.5. The van der Waals surface area contributed by atoms with E-state index >= 15 is 0 Å². The lowest BCUT2D eigenvalue weighted by Gasteiger charge is -1.92.